The van der Waals surface area contributed by atoms with Crippen LogP contribution < -0.4 is 11.1 Å². The number of rotatable bonds is 6. The second-order valence-corrected chi connectivity index (χ2v) is 5.93. The Balaban J connectivity index is 2.76. The van der Waals surface area contributed by atoms with E-state index in [1.807, 2.05) is 13.8 Å². The summed E-state index contributed by atoms with van der Waals surface area (Å²) in [6.07, 6.45) is 0.517. The first kappa shape index (κ1) is 16.6. The Morgan fingerprint density at radius 1 is 1.45 bits per heavy atom. The lowest BCUT2D eigenvalue weighted by atomic mass is 10.0. The molecule has 0 aliphatic rings. The van der Waals surface area contributed by atoms with Gasteiger partial charge in [-0.2, -0.15) is 0 Å². The van der Waals surface area contributed by atoms with E-state index in [0.29, 0.717) is 11.4 Å². The van der Waals surface area contributed by atoms with Gasteiger partial charge in [-0.3, -0.25) is 4.79 Å². The van der Waals surface area contributed by atoms with Crippen LogP contribution in [0.25, 0.3) is 0 Å². The van der Waals surface area contributed by atoms with Gasteiger partial charge in [0.2, 0.25) is 0 Å². The molecule has 1 heterocycles. The van der Waals surface area contributed by atoms with Crippen LogP contribution in [0.4, 0.5) is 0 Å². The molecule has 1 aromatic rings. The van der Waals surface area contributed by atoms with Crippen LogP contribution >= 0.6 is 11.3 Å². The average molecular weight is 299 g/mol. The number of amides is 1. The van der Waals surface area contributed by atoms with Crippen molar-refractivity contribution in [1.82, 2.24) is 10.3 Å². The molecule has 0 spiro atoms. The van der Waals surface area contributed by atoms with E-state index >= 15 is 0 Å². The van der Waals surface area contributed by atoms with Gasteiger partial charge in [0.15, 0.2) is 0 Å². The van der Waals surface area contributed by atoms with E-state index in [-0.39, 0.29) is 23.6 Å². The largest absolute Gasteiger partial charge is 0.467 e. The van der Waals surface area contributed by atoms with Crippen molar-refractivity contribution >= 4 is 23.2 Å². The Bertz CT molecular complexity index is 471. The highest BCUT2D eigenvalue weighted by Gasteiger charge is 2.24. The number of nitrogens with zero attached hydrogens (tertiary/aromatic N) is 1. The molecule has 2 atom stereocenters. The number of methoxy groups -OCH3 is 1. The zero-order chi connectivity index (χ0) is 15.3. The molecule has 112 valence electrons. The van der Waals surface area contributed by atoms with Gasteiger partial charge < -0.3 is 15.8 Å². The van der Waals surface area contributed by atoms with Crippen LogP contribution in [0.15, 0.2) is 5.38 Å². The van der Waals surface area contributed by atoms with Gasteiger partial charge in [0.25, 0.3) is 5.91 Å². The third kappa shape index (κ3) is 4.57. The monoisotopic (exact) mass is 299 g/mol. The molecule has 7 heteroatoms. The molecule has 1 rings (SSSR count). The predicted molar refractivity (Wildman–Crippen MR) is 77.4 cm³/mol. The third-order valence-corrected chi connectivity index (χ3v) is 3.69. The van der Waals surface area contributed by atoms with Crippen molar-refractivity contribution in [3.05, 3.63) is 16.1 Å². The Labute approximate surface area is 122 Å². The van der Waals surface area contributed by atoms with E-state index < -0.39 is 12.0 Å². The summed E-state index contributed by atoms with van der Waals surface area (Å²) in [7, 11) is 1.30. The summed E-state index contributed by atoms with van der Waals surface area (Å²) in [4.78, 5) is 27.9. The van der Waals surface area contributed by atoms with Gasteiger partial charge in [-0.1, -0.05) is 13.8 Å². The SMILES string of the molecule is COC(=O)C(CC(C)C)NC(=O)c1csc(C(C)N)n1. The molecule has 0 radical (unpaired) electrons. The summed E-state index contributed by atoms with van der Waals surface area (Å²) in [5, 5.41) is 4.98. The predicted octanol–water partition coefficient (Wildman–Crippen LogP) is 1.48. The first-order chi connectivity index (χ1) is 9.35. The van der Waals surface area contributed by atoms with Gasteiger partial charge in [-0.15, -0.1) is 11.3 Å². The molecule has 0 aliphatic carbocycles. The second-order valence-electron chi connectivity index (χ2n) is 5.04. The maximum Gasteiger partial charge on any atom is 0.328 e. The van der Waals surface area contributed by atoms with Crippen molar-refractivity contribution in [2.75, 3.05) is 7.11 Å². The summed E-state index contributed by atoms with van der Waals surface area (Å²) in [6, 6.07) is -0.874. The number of nitrogens with two attached hydrogens (primary N) is 1. The number of hydrogen-bond acceptors (Lipinski definition) is 6. The fourth-order valence-corrected chi connectivity index (χ4v) is 2.42. The topological polar surface area (TPSA) is 94.3 Å². The number of carbonyl (C=O) groups is 2. The molecule has 3 N–H and O–H groups in total. The minimum atomic E-state index is -0.659. The zero-order valence-electron chi connectivity index (χ0n) is 12.2. The lowest BCUT2D eigenvalue weighted by Gasteiger charge is -2.17. The fourth-order valence-electron chi connectivity index (χ4n) is 1.66. The van der Waals surface area contributed by atoms with Gasteiger partial charge in [0, 0.05) is 5.38 Å². The first-order valence-electron chi connectivity index (χ1n) is 6.44. The highest BCUT2D eigenvalue weighted by Crippen LogP contribution is 2.16. The Morgan fingerprint density at radius 3 is 2.55 bits per heavy atom. The summed E-state index contributed by atoms with van der Waals surface area (Å²) < 4.78 is 4.70. The van der Waals surface area contributed by atoms with Crippen LogP contribution in [0.3, 0.4) is 0 Å². The molecule has 0 aliphatic heterocycles. The lowest BCUT2D eigenvalue weighted by Crippen LogP contribution is -2.42. The molecule has 0 fully saturated rings. The maximum absolute atomic E-state index is 12.1. The van der Waals surface area contributed by atoms with Crippen molar-refractivity contribution in [2.24, 2.45) is 11.7 Å². The summed E-state index contributed by atoms with van der Waals surface area (Å²) in [5.74, 6) is -0.576. The van der Waals surface area contributed by atoms with Crippen LogP contribution in [0.2, 0.25) is 0 Å². The molecule has 20 heavy (non-hydrogen) atoms. The van der Waals surface area contributed by atoms with Crippen molar-refractivity contribution in [3.8, 4) is 0 Å². The summed E-state index contributed by atoms with van der Waals surface area (Å²) in [6.45, 7) is 5.74. The zero-order valence-corrected chi connectivity index (χ0v) is 13.0. The highest BCUT2D eigenvalue weighted by molar-refractivity contribution is 7.09. The van der Waals surface area contributed by atoms with Crippen LogP contribution in [0.1, 0.15) is 48.7 Å². The third-order valence-electron chi connectivity index (χ3n) is 2.64. The van der Waals surface area contributed by atoms with E-state index in [1.165, 1.54) is 18.4 Å². The van der Waals surface area contributed by atoms with Gasteiger partial charge in [0.1, 0.15) is 16.7 Å². The number of ether oxygens (including phenoxy) is 1. The normalized spacial score (nSPS) is 13.9. The van der Waals surface area contributed by atoms with E-state index in [1.54, 1.807) is 12.3 Å². The van der Waals surface area contributed by atoms with Gasteiger partial charge in [0.05, 0.1) is 13.2 Å². The standard InChI is InChI=1S/C13H21N3O3S/c1-7(2)5-9(13(18)19-4)15-11(17)10-6-20-12(16-10)8(3)14/h6-9H,5,14H2,1-4H3,(H,15,17). The fraction of sp³-hybridized carbons (Fsp3) is 0.615. The summed E-state index contributed by atoms with van der Waals surface area (Å²) in [5.41, 5.74) is 5.98. The van der Waals surface area contributed by atoms with Crippen molar-refractivity contribution in [2.45, 2.75) is 39.3 Å². The number of carbonyl (C=O) groups excluding carboxylic acids is 2. The minimum absolute atomic E-state index is 0.214. The smallest absolute Gasteiger partial charge is 0.328 e. The first-order valence-corrected chi connectivity index (χ1v) is 7.32. The molecule has 6 nitrogen and oxygen atoms in total. The molecule has 1 aromatic heterocycles. The Kier molecular flexibility index (Phi) is 6.09. The highest BCUT2D eigenvalue weighted by atomic mass is 32.1. The molecular formula is C13H21N3O3S. The molecule has 2 unspecified atom stereocenters. The van der Waals surface area contributed by atoms with Crippen LogP contribution in [-0.2, 0) is 9.53 Å². The van der Waals surface area contributed by atoms with Gasteiger partial charge in [-0.05, 0) is 19.3 Å². The van der Waals surface area contributed by atoms with Crippen molar-refractivity contribution in [1.29, 1.82) is 0 Å². The summed E-state index contributed by atoms with van der Waals surface area (Å²) >= 11 is 1.33. The van der Waals surface area contributed by atoms with E-state index in [0.717, 1.165) is 0 Å². The van der Waals surface area contributed by atoms with Crippen molar-refractivity contribution in [3.63, 3.8) is 0 Å². The van der Waals surface area contributed by atoms with Gasteiger partial charge >= 0.3 is 5.97 Å². The average Bonchev–Trinajstić information content (AvgIpc) is 2.86. The minimum Gasteiger partial charge on any atom is -0.467 e. The van der Waals surface area contributed by atoms with Gasteiger partial charge in [-0.25, -0.2) is 9.78 Å². The van der Waals surface area contributed by atoms with Crippen LogP contribution in [0.5, 0.6) is 0 Å². The molecule has 0 bridgehead atoms. The number of hydrogen-bond donors (Lipinski definition) is 2. The van der Waals surface area contributed by atoms with Crippen LogP contribution in [-0.4, -0.2) is 30.0 Å². The maximum atomic E-state index is 12.1. The molecule has 1 amide bonds. The number of nitrogens with one attached hydrogen (secondary N) is 1. The Morgan fingerprint density at radius 2 is 2.10 bits per heavy atom. The number of thiazole rings is 1. The van der Waals surface area contributed by atoms with E-state index in [9.17, 15) is 9.59 Å². The molecular weight excluding hydrogens is 278 g/mol. The molecule has 0 aromatic carbocycles. The van der Waals surface area contributed by atoms with E-state index in [4.69, 9.17) is 10.5 Å². The lowest BCUT2D eigenvalue weighted by molar-refractivity contribution is -0.143. The Hall–Kier alpha value is -1.47. The second kappa shape index (κ2) is 7.35. The number of aromatic nitrogens is 1. The van der Waals surface area contributed by atoms with Crippen LogP contribution in [0, 0.1) is 5.92 Å². The molecule has 0 saturated heterocycles. The molecule has 0 saturated carbocycles. The quantitative estimate of drug-likeness (QED) is 0.776. The van der Waals surface area contributed by atoms with E-state index in [2.05, 4.69) is 10.3 Å². The van der Waals surface area contributed by atoms with Crippen molar-refractivity contribution < 1.29 is 14.3 Å². The number of esters is 1.